The Morgan fingerprint density at radius 3 is 0.639 bits per heavy atom. The minimum Gasteiger partial charge on any atom is -0.462 e. The van der Waals surface area contributed by atoms with Crippen molar-refractivity contribution >= 4 is 39.5 Å². The molecule has 0 amide bonds. The van der Waals surface area contributed by atoms with Crippen LogP contribution in [0.3, 0.4) is 0 Å². The van der Waals surface area contributed by atoms with E-state index in [0.717, 1.165) is 114 Å². The molecule has 3 N–H and O–H groups in total. The van der Waals surface area contributed by atoms with Gasteiger partial charge in [0.25, 0.3) is 0 Å². The molecule has 576 valence electrons. The van der Waals surface area contributed by atoms with E-state index in [4.69, 9.17) is 37.0 Å². The van der Waals surface area contributed by atoms with Crippen LogP contribution in [-0.2, 0) is 65.4 Å². The SMILES string of the molecule is CC(C)CCCCCCCCCCCCCCCCCCCCC(=O)O[C@H](COC(=O)CCCCCCCCCCCCCC(C)C)COP(=O)(O)OC[C@@H](O)COP(=O)(O)OC[C@@H](COC(=O)CCCCCCCCC(C)C)OC(=O)CCCCCCCCCCCCC(C)C. The molecule has 0 radical (unpaired) electrons. The van der Waals surface area contributed by atoms with Crippen molar-refractivity contribution in [2.24, 2.45) is 23.7 Å². The van der Waals surface area contributed by atoms with E-state index in [2.05, 4.69) is 55.4 Å². The molecule has 0 heterocycles. The van der Waals surface area contributed by atoms with Crippen LogP contribution in [-0.4, -0.2) is 96.7 Å². The molecule has 17 nitrogen and oxygen atoms in total. The molecular formula is C78H152O17P2. The lowest BCUT2D eigenvalue weighted by molar-refractivity contribution is -0.161. The predicted octanol–water partition coefficient (Wildman–Crippen LogP) is 22.8. The van der Waals surface area contributed by atoms with Gasteiger partial charge in [0.2, 0.25) is 0 Å². The topological polar surface area (TPSA) is 237 Å². The van der Waals surface area contributed by atoms with Crippen LogP contribution in [0.15, 0.2) is 0 Å². The number of ether oxygens (including phenoxy) is 4. The van der Waals surface area contributed by atoms with Gasteiger partial charge in [-0.05, 0) is 49.4 Å². The highest BCUT2D eigenvalue weighted by atomic mass is 31.2. The van der Waals surface area contributed by atoms with Crippen LogP contribution in [0.5, 0.6) is 0 Å². The summed E-state index contributed by atoms with van der Waals surface area (Å²) in [6.45, 7) is 14.2. The molecule has 0 aliphatic carbocycles. The van der Waals surface area contributed by atoms with Gasteiger partial charge in [0.15, 0.2) is 12.2 Å². The summed E-state index contributed by atoms with van der Waals surface area (Å²) in [6.07, 6.45) is 53.0. The minimum atomic E-state index is -4.96. The quantitative estimate of drug-likeness (QED) is 0.0222. The van der Waals surface area contributed by atoms with Crippen LogP contribution >= 0.6 is 15.6 Å². The number of phosphoric acid groups is 2. The summed E-state index contributed by atoms with van der Waals surface area (Å²) in [6, 6.07) is 0. The van der Waals surface area contributed by atoms with Crippen molar-refractivity contribution in [2.45, 2.75) is 414 Å². The fourth-order valence-corrected chi connectivity index (χ4v) is 13.5. The molecule has 0 saturated carbocycles. The second-order valence-electron chi connectivity index (χ2n) is 30.0. The summed E-state index contributed by atoms with van der Waals surface area (Å²) in [4.78, 5) is 72.8. The highest BCUT2D eigenvalue weighted by Gasteiger charge is 2.30. The molecule has 0 aromatic carbocycles. The maximum Gasteiger partial charge on any atom is 0.472 e. The molecule has 0 spiro atoms. The van der Waals surface area contributed by atoms with E-state index in [1.165, 1.54) is 193 Å². The van der Waals surface area contributed by atoms with Crippen molar-refractivity contribution in [3.8, 4) is 0 Å². The first-order chi connectivity index (χ1) is 46.6. The van der Waals surface area contributed by atoms with Gasteiger partial charge in [-0.3, -0.25) is 37.3 Å². The summed E-state index contributed by atoms with van der Waals surface area (Å²) in [5, 5.41) is 10.6. The van der Waals surface area contributed by atoms with Crippen molar-refractivity contribution in [2.75, 3.05) is 39.6 Å². The standard InChI is InChI=1S/C78H152O17P2/c1-68(2)54-46-38-30-24-18-15-13-11-9-10-12-14-16-20-28-34-44-52-60-77(82)94-73(64-88-75(80)58-50-42-33-27-21-17-19-25-31-39-47-55-69(3)4)66-92-96(84,85)90-62-72(79)63-91-97(86,87)93-67-74(65-89-76(81)59-51-43-37-36-41-49-57-71(7)8)95-78(83)61-53-45-35-29-23-22-26-32-40-48-56-70(5)6/h68-74,79H,9-67H2,1-8H3,(H,84,85)(H,86,87)/t72-,73-,74-/m1/s1. The highest BCUT2D eigenvalue weighted by Crippen LogP contribution is 2.45. The zero-order chi connectivity index (χ0) is 71.7. The molecule has 0 aliphatic rings. The molecule has 0 fully saturated rings. The van der Waals surface area contributed by atoms with Gasteiger partial charge in [0.05, 0.1) is 26.4 Å². The number of aliphatic hydroxyl groups excluding tert-OH is 1. The van der Waals surface area contributed by atoms with Gasteiger partial charge in [0, 0.05) is 25.7 Å². The smallest absolute Gasteiger partial charge is 0.462 e. The molecule has 0 bridgehead atoms. The number of carbonyl (C=O) groups is 4. The molecule has 19 heteroatoms. The van der Waals surface area contributed by atoms with E-state index in [0.29, 0.717) is 31.6 Å². The molecule has 0 aromatic rings. The van der Waals surface area contributed by atoms with Crippen LogP contribution in [0.2, 0.25) is 0 Å². The summed E-state index contributed by atoms with van der Waals surface area (Å²) in [5.41, 5.74) is 0. The van der Waals surface area contributed by atoms with Crippen LogP contribution in [0.25, 0.3) is 0 Å². The minimum absolute atomic E-state index is 0.105. The lowest BCUT2D eigenvalue weighted by Crippen LogP contribution is -2.30. The fourth-order valence-electron chi connectivity index (χ4n) is 11.9. The number of unbranched alkanes of at least 4 members (excludes halogenated alkanes) is 41. The Morgan fingerprint density at radius 1 is 0.258 bits per heavy atom. The van der Waals surface area contributed by atoms with Crippen molar-refractivity contribution in [3.05, 3.63) is 0 Å². The van der Waals surface area contributed by atoms with Crippen molar-refractivity contribution in [1.29, 1.82) is 0 Å². The van der Waals surface area contributed by atoms with E-state index in [1.54, 1.807) is 0 Å². The normalized spacial score (nSPS) is 14.1. The van der Waals surface area contributed by atoms with Gasteiger partial charge < -0.3 is 33.8 Å². The van der Waals surface area contributed by atoms with Gasteiger partial charge >= 0.3 is 39.5 Å². The van der Waals surface area contributed by atoms with Gasteiger partial charge in [-0.1, -0.05) is 344 Å². The number of aliphatic hydroxyl groups is 1. The Morgan fingerprint density at radius 2 is 0.433 bits per heavy atom. The van der Waals surface area contributed by atoms with Crippen LogP contribution in [0.4, 0.5) is 0 Å². The molecule has 0 aliphatic heterocycles. The van der Waals surface area contributed by atoms with Crippen LogP contribution in [0.1, 0.15) is 396 Å². The summed E-state index contributed by atoms with van der Waals surface area (Å²) in [7, 11) is -9.91. The number of phosphoric ester groups is 2. The van der Waals surface area contributed by atoms with Crippen molar-refractivity contribution in [3.63, 3.8) is 0 Å². The van der Waals surface area contributed by atoms with E-state index in [1.807, 2.05) is 0 Å². The third kappa shape index (κ3) is 72.2. The highest BCUT2D eigenvalue weighted by molar-refractivity contribution is 7.47. The monoisotopic (exact) mass is 1420 g/mol. The van der Waals surface area contributed by atoms with E-state index >= 15 is 0 Å². The van der Waals surface area contributed by atoms with E-state index in [9.17, 15) is 43.2 Å². The van der Waals surface area contributed by atoms with Gasteiger partial charge in [-0.15, -0.1) is 0 Å². The Kier molecular flexibility index (Phi) is 65.9. The van der Waals surface area contributed by atoms with Crippen molar-refractivity contribution < 1.29 is 80.2 Å². The lowest BCUT2D eigenvalue weighted by Gasteiger charge is -2.21. The van der Waals surface area contributed by atoms with Crippen molar-refractivity contribution in [1.82, 2.24) is 0 Å². The van der Waals surface area contributed by atoms with Crippen LogP contribution in [0, 0.1) is 23.7 Å². The molecule has 5 atom stereocenters. The Balaban J connectivity index is 5.21. The van der Waals surface area contributed by atoms with Gasteiger partial charge in [-0.25, -0.2) is 9.13 Å². The zero-order valence-corrected chi connectivity index (χ0v) is 65.5. The molecule has 0 rings (SSSR count). The first-order valence-corrected chi connectivity index (χ1v) is 43.2. The largest absolute Gasteiger partial charge is 0.472 e. The second-order valence-corrected chi connectivity index (χ2v) is 32.9. The molecule has 0 aromatic heterocycles. The maximum absolute atomic E-state index is 13.1. The summed E-state index contributed by atoms with van der Waals surface area (Å²) >= 11 is 0. The van der Waals surface area contributed by atoms with Gasteiger partial charge in [0.1, 0.15) is 19.3 Å². The maximum atomic E-state index is 13.1. The number of hydrogen-bond donors (Lipinski definition) is 3. The number of carbonyl (C=O) groups excluding carboxylic acids is 4. The molecular weight excluding hydrogens is 1270 g/mol. The predicted molar refractivity (Wildman–Crippen MR) is 395 cm³/mol. The number of hydrogen-bond acceptors (Lipinski definition) is 15. The first kappa shape index (κ1) is 95.1. The average molecular weight is 1420 g/mol. The Hall–Kier alpha value is -1.94. The molecule has 0 saturated heterocycles. The molecule has 2 unspecified atom stereocenters. The zero-order valence-electron chi connectivity index (χ0n) is 63.7. The average Bonchev–Trinajstić information content (AvgIpc) is 1.28. The summed E-state index contributed by atoms with van der Waals surface area (Å²) < 4.78 is 68.5. The summed E-state index contributed by atoms with van der Waals surface area (Å²) in [5.74, 6) is 0.902. The van der Waals surface area contributed by atoms with E-state index in [-0.39, 0.29) is 25.7 Å². The Labute approximate surface area is 594 Å². The number of esters is 4. The Bertz CT molecular complexity index is 1900. The third-order valence-corrected chi connectivity index (χ3v) is 20.0. The molecule has 97 heavy (non-hydrogen) atoms. The third-order valence-electron chi connectivity index (χ3n) is 18.1. The van der Waals surface area contributed by atoms with Gasteiger partial charge in [-0.2, -0.15) is 0 Å². The van der Waals surface area contributed by atoms with Crippen LogP contribution < -0.4 is 0 Å². The first-order valence-electron chi connectivity index (χ1n) is 40.2. The fraction of sp³-hybridized carbons (Fsp3) is 0.949. The second kappa shape index (κ2) is 67.2. The number of rotatable bonds is 75. The van der Waals surface area contributed by atoms with E-state index < -0.39 is 97.5 Å². The lowest BCUT2D eigenvalue weighted by atomic mass is 10.0.